The van der Waals surface area contributed by atoms with Gasteiger partial charge in [-0.1, -0.05) is 66.8 Å². The Labute approximate surface area is 137 Å². The van der Waals surface area contributed by atoms with Crippen LogP contribution in [-0.2, 0) is 21.5 Å². The number of hydrogen-bond acceptors (Lipinski definition) is 3. The maximum absolute atomic E-state index is 5.92. The molecule has 2 aromatic carbocycles. The minimum atomic E-state index is -0.371. The van der Waals surface area contributed by atoms with Crippen LogP contribution in [0.5, 0.6) is 0 Å². The van der Waals surface area contributed by atoms with Crippen molar-refractivity contribution in [2.75, 3.05) is 6.61 Å². The van der Waals surface area contributed by atoms with Gasteiger partial charge in [0.25, 0.3) is 0 Å². The van der Waals surface area contributed by atoms with Gasteiger partial charge in [-0.3, -0.25) is 0 Å². The zero-order valence-corrected chi connectivity index (χ0v) is 13.7. The number of ether oxygens (including phenoxy) is 2. The first-order valence-corrected chi connectivity index (χ1v) is 7.95. The van der Waals surface area contributed by atoms with Gasteiger partial charge in [-0.2, -0.15) is 0 Å². The van der Waals surface area contributed by atoms with Gasteiger partial charge in [0.2, 0.25) is 0 Å². The van der Waals surface area contributed by atoms with Crippen molar-refractivity contribution in [3.63, 3.8) is 0 Å². The maximum Gasteiger partial charge on any atom is 0.156 e. The fourth-order valence-corrected chi connectivity index (χ4v) is 3.09. The van der Waals surface area contributed by atoms with Crippen LogP contribution in [0.3, 0.4) is 0 Å². The Hall–Kier alpha value is -1.55. The van der Waals surface area contributed by atoms with E-state index in [0.717, 1.165) is 22.4 Å². The second-order valence-corrected chi connectivity index (χ2v) is 6.39. The van der Waals surface area contributed by atoms with E-state index in [1.54, 1.807) is 0 Å². The summed E-state index contributed by atoms with van der Waals surface area (Å²) in [6, 6.07) is 18.6. The lowest BCUT2D eigenvalue weighted by molar-refractivity contribution is -0.0729. The van der Waals surface area contributed by atoms with Crippen molar-refractivity contribution in [2.45, 2.75) is 32.2 Å². The van der Waals surface area contributed by atoms with E-state index in [1.165, 1.54) is 5.56 Å². The molecule has 0 radical (unpaired) electrons. The summed E-state index contributed by atoms with van der Waals surface area (Å²) in [5, 5.41) is 0. The summed E-state index contributed by atoms with van der Waals surface area (Å²) >= 11 is 5.57. The van der Waals surface area contributed by atoms with Crippen LogP contribution in [0.4, 0.5) is 0 Å². The first-order chi connectivity index (χ1) is 10.6. The first-order valence-electron chi connectivity index (χ1n) is 7.54. The Kier molecular flexibility index (Phi) is 4.39. The van der Waals surface area contributed by atoms with Crippen molar-refractivity contribution in [3.8, 4) is 0 Å². The summed E-state index contributed by atoms with van der Waals surface area (Å²) in [5.74, 6) is 0. The fourth-order valence-electron chi connectivity index (χ4n) is 2.78. The van der Waals surface area contributed by atoms with Gasteiger partial charge in [0.05, 0.1) is 6.61 Å². The quantitative estimate of drug-likeness (QED) is 0.621. The Morgan fingerprint density at radius 1 is 1.18 bits per heavy atom. The molecule has 2 unspecified atom stereocenters. The molecule has 114 valence electrons. The van der Waals surface area contributed by atoms with E-state index in [2.05, 4.69) is 43.3 Å². The normalized spacial score (nSPS) is 24.4. The second-order valence-electron chi connectivity index (χ2n) is 5.89. The van der Waals surface area contributed by atoms with Crippen molar-refractivity contribution in [3.05, 3.63) is 71.3 Å². The van der Waals surface area contributed by atoms with Crippen LogP contribution in [0, 0.1) is 0 Å². The molecule has 0 aromatic heterocycles. The zero-order valence-electron chi connectivity index (χ0n) is 12.9. The van der Waals surface area contributed by atoms with E-state index < -0.39 is 0 Å². The molecule has 0 saturated carbocycles. The number of hydrogen-bond donors (Lipinski definition) is 0. The first kappa shape index (κ1) is 15.3. The summed E-state index contributed by atoms with van der Waals surface area (Å²) < 4.78 is 11.5. The predicted octanol–water partition coefficient (Wildman–Crippen LogP) is 4.26. The van der Waals surface area contributed by atoms with Gasteiger partial charge in [0.1, 0.15) is 5.60 Å². The van der Waals surface area contributed by atoms with Gasteiger partial charge in [-0.25, -0.2) is 0 Å². The summed E-state index contributed by atoms with van der Waals surface area (Å²) in [4.78, 5) is 0.958. The second kappa shape index (κ2) is 6.29. The van der Waals surface area contributed by atoms with Crippen LogP contribution in [0.1, 0.15) is 30.5 Å². The van der Waals surface area contributed by atoms with Gasteiger partial charge in [-0.15, -0.1) is 0 Å². The maximum atomic E-state index is 5.92. The highest BCUT2D eigenvalue weighted by molar-refractivity contribution is 7.80. The lowest BCUT2D eigenvalue weighted by Crippen LogP contribution is -2.25. The van der Waals surface area contributed by atoms with Crippen LogP contribution in [0.2, 0.25) is 0 Å². The number of thiocarbonyl (C=S) groups is 1. The predicted molar refractivity (Wildman–Crippen MR) is 92.1 cm³/mol. The van der Waals surface area contributed by atoms with E-state index in [0.29, 0.717) is 6.61 Å². The van der Waals surface area contributed by atoms with Gasteiger partial charge in [0, 0.05) is 11.3 Å². The molecule has 3 heteroatoms. The molecule has 1 fully saturated rings. The number of benzene rings is 2. The van der Waals surface area contributed by atoms with Gasteiger partial charge in [0.15, 0.2) is 6.29 Å². The molecular formula is C19H20O2S. The van der Waals surface area contributed by atoms with E-state index in [-0.39, 0.29) is 11.9 Å². The van der Waals surface area contributed by atoms with E-state index in [1.807, 2.05) is 25.1 Å². The molecule has 0 N–H and O–H groups in total. The summed E-state index contributed by atoms with van der Waals surface area (Å²) in [6.07, 6.45) is 0.610. The van der Waals surface area contributed by atoms with Crippen LogP contribution in [0.25, 0.3) is 0 Å². The Balaban J connectivity index is 1.79. The van der Waals surface area contributed by atoms with Crippen LogP contribution in [-0.4, -0.2) is 17.8 Å². The van der Waals surface area contributed by atoms with Gasteiger partial charge < -0.3 is 9.47 Å². The molecule has 0 spiro atoms. The molecule has 2 nitrogen and oxygen atoms in total. The van der Waals surface area contributed by atoms with Crippen molar-refractivity contribution in [1.29, 1.82) is 0 Å². The Bertz CT molecular complexity index is 668. The third-order valence-electron chi connectivity index (χ3n) is 4.02. The van der Waals surface area contributed by atoms with Crippen LogP contribution < -0.4 is 0 Å². The van der Waals surface area contributed by atoms with E-state index >= 15 is 0 Å². The molecule has 1 aliphatic heterocycles. The van der Waals surface area contributed by atoms with Crippen LogP contribution >= 0.6 is 12.2 Å². The average Bonchev–Trinajstić information content (AvgIpc) is 2.89. The molecule has 0 aliphatic carbocycles. The number of rotatable bonds is 4. The van der Waals surface area contributed by atoms with Crippen LogP contribution in [0.15, 0.2) is 54.6 Å². The Morgan fingerprint density at radius 3 is 2.64 bits per heavy atom. The highest BCUT2D eigenvalue weighted by atomic mass is 32.1. The standard InChI is InChI=1S/C19H20O2S/c1-14-20-13-19(2,21-14)17-10-6-7-15(11-17)12-18(22)16-8-4-3-5-9-16/h3-11,14H,12-13H2,1-2H3. The third kappa shape index (κ3) is 3.27. The van der Waals surface area contributed by atoms with Crippen molar-refractivity contribution >= 4 is 17.1 Å². The van der Waals surface area contributed by atoms with Crippen molar-refractivity contribution in [1.82, 2.24) is 0 Å². The minimum absolute atomic E-state index is 0.154. The average molecular weight is 312 g/mol. The Morgan fingerprint density at radius 2 is 1.95 bits per heavy atom. The summed E-state index contributed by atoms with van der Waals surface area (Å²) in [6.45, 7) is 4.59. The fraction of sp³-hybridized carbons (Fsp3) is 0.316. The SMILES string of the molecule is CC1OCC(C)(c2cccc(CC(=S)c3ccccc3)c2)O1. The largest absolute Gasteiger partial charge is 0.350 e. The minimum Gasteiger partial charge on any atom is -0.350 e. The zero-order chi connectivity index (χ0) is 15.6. The monoisotopic (exact) mass is 312 g/mol. The molecule has 0 bridgehead atoms. The smallest absolute Gasteiger partial charge is 0.156 e. The molecule has 22 heavy (non-hydrogen) atoms. The van der Waals surface area contributed by atoms with Gasteiger partial charge >= 0.3 is 0 Å². The molecule has 1 saturated heterocycles. The van der Waals surface area contributed by atoms with Crippen molar-refractivity contribution in [2.24, 2.45) is 0 Å². The topological polar surface area (TPSA) is 18.5 Å². The highest BCUT2D eigenvalue weighted by Gasteiger charge is 2.36. The summed E-state index contributed by atoms with van der Waals surface area (Å²) in [7, 11) is 0. The van der Waals surface area contributed by atoms with E-state index in [4.69, 9.17) is 21.7 Å². The van der Waals surface area contributed by atoms with E-state index in [9.17, 15) is 0 Å². The molecule has 1 aliphatic rings. The molecule has 1 heterocycles. The lowest BCUT2D eigenvalue weighted by atomic mass is 9.93. The highest BCUT2D eigenvalue weighted by Crippen LogP contribution is 2.33. The lowest BCUT2D eigenvalue weighted by Gasteiger charge is -2.23. The molecule has 2 atom stereocenters. The summed E-state index contributed by atoms with van der Waals surface area (Å²) in [5.41, 5.74) is 3.09. The molecule has 0 amide bonds. The molecule has 2 aromatic rings. The van der Waals surface area contributed by atoms with Gasteiger partial charge in [-0.05, 0) is 30.5 Å². The third-order valence-corrected chi connectivity index (χ3v) is 4.40. The molecule has 3 rings (SSSR count). The molecular weight excluding hydrogens is 292 g/mol. The van der Waals surface area contributed by atoms with Crippen molar-refractivity contribution < 1.29 is 9.47 Å².